The van der Waals surface area contributed by atoms with Crippen LogP contribution in [0.25, 0.3) is 5.69 Å². The SMILES string of the molecule is CCN1CCN(Cc2ccccc2CNC(=O)c2c(C)nn(-c3ccc(F)cc3)c2Cl)CC1. The predicted octanol–water partition coefficient (Wildman–Crippen LogP) is 4.04. The van der Waals surface area contributed by atoms with E-state index in [9.17, 15) is 9.18 Å². The Morgan fingerprint density at radius 3 is 2.33 bits per heavy atom. The number of nitrogens with one attached hydrogen (secondary N) is 1. The molecule has 174 valence electrons. The van der Waals surface area contributed by atoms with Gasteiger partial charge >= 0.3 is 0 Å². The molecule has 0 radical (unpaired) electrons. The maximum Gasteiger partial charge on any atom is 0.256 e. The number of aryl methyl sites for hydroxylation is 1. The van der Waals surface area contributed by atoms with Crippen LogP contribution in [0.15, 0.2) is 48.5 Å². The molecule has 1 amide bonds. The summed E-state index contributed by atoms with van der Waals surface area (Å²) in [5, 5.41) is 7.59. The van der Waals surface area contributed by atoms with Gasteiger partial charge in [-0.3, -0.25) is 9.69 Å². The fourth-order valence-corrected chi connectivity index (χ4v) is 4.52. The number of carbonyl (C=O) groups is 1. The van der Waals surface area contributed by atoms with Gasteiger partial charge in [-0.25, -0.2) is 9.07 Å². The predicted molar refractivity (Wildman–Crippen MR) is 128 cm³/mol. The second kappa shape index (κ2) is 10.5. The average molecular weight is 470 g/mol. The minimum absolute atomic E-state index is 0.207. The summed E-state index contributed by atoms with van der Waals surface area (Å²) in [6.45, 7) is 10.6. The molecule has 8 heteroatoms. The van der Waals surface area contributed by atoms with E-state index in [1.165, 1.54) is 22.4 Å². The molecule has 6 nitrogen and oxygen atoms in total. The molecular formula is C25H29ClFN5O. The summed E-state index contributed by atoms with van der Waals surface area (Å²) >= 11 is 6.50. The van der Waals surface area contributed by atoms with Crippen molar-refractivity contribution in [2.45, 2.75) is 26.9 Å². The highest BCUT2D eigenvalue weighted by molar-refractivity contribution is 6.33. The van der Waals surface area contributed by atoms with E-state index in [0.29, 0.717) is 23.5 Å². The molecule has 0 bridgehead atoms. The van der Waals surface area contributed by atoms with Crippen molar-refractivity contribution in [1.29, 1.82) is 0 Å². The molecule has 0 aliphatic carbocycles. The van der Waals surface area contributed by atoms with Gasteiger partial charge in [-0.05, 0) is 48.9 Å². The number of hydrogen-bond donors (Lipinski definition) is 1. The van der Waals surface area contributed by atoms with Crippen LogP contribution >= 0.6 is 11.6 Å². The summed E-state index contributed by atoms with van der Waals surface area (Å²) in [5.74, 6) is -0.625. The number of carbonyl (C=O) groups excluding carboxylic acids is 1. The van der Waals surface area contributed by atoms with Crippen molar-refractivity contribution in [1.82, 2.24) is 24.9 Å². The first-order valence-electron chi connectivity index (χ1n) is 11.3. The van der Waals surface area contributed by atoms with E-state index < -0.39 is 0 Å². The average Bonchev–Trinajstić information content (AvgIpc) is 3.13. The van der Waals surface area contributed by atoms with Gasteiger partial charge in [0.15, 0.2) is 0 Å². The number of rotatable bonds is 7. The molecule has 4 rings (SSSR count). The third kappa shape index (κ3) is 5.43. The highest BCUT2D eigenvalue weighted by Gasteiger charge is 2.22. The molecular weight excluding hydrogens is 441 g/mol. The summed E-state index contributed by atoms with van der Waals surface area (Å²) in [7, 11) is 0. The van der Waals surface area contributed by atoms with E-state index in [-0.39, 0.29) is 16.9 Å². The lowest BCUT2D eigenvalue weighted by Crippen LogP contribution is -2.45. The molecule has 1 aromatic heterocycles. The molecule has 1 N–H and O–H groups in total. The zero-order chi connectivity index (χ0) is 23.4. The van der Waals surface area contributed by atoms with Crippen LogP contribution in [0.1, 0.15) is 34.1 Å². The van der Waals surface area contributed by atoms with Gasteiger partial charge in [0.25, 0.3) is 5.91 Å². The van der Waals surface area contributed by atoms with Crippen LogP contribution in [-0.2, 0) is 13.1 Å². The molecule has 33 heavy (non-hydrogen) atoms. The first-order valence-corrected chi connectivity index (χ1v) is 11.6. The lowest BCUT2D eigenvalue weighted by Gasteiger charge is -2.34. The van der Waals surface area contributed by atoms with Crippen molar-refractivity contribution in [2.24, 2.45) is 0 Å². The molecule has 0 spiro atoms. The van der Waals surface area contributed by atoms with Gasteiger partial charge in [0.05, 0.1) is 16.9 Å². The van der Waals surface area contributed by atoms with E-state index in [0.717, 1.165) is 44.8 Å². The Morgan fingerprint density at radius 1 is 1.03 bits per heavy atom. The normalized spacial score (nSPS) is 15.0. The molecule has 1 aliphatic rings. The van der Waals surface area contributed by atoms with Gasteiger partial charge in [0.2, 0.25) is 0 Å². The molecule has 0 atom stereocenters. The van der Waals surface area contributed by atoms with Crippen LogP contribution in [0.4, 0.5) is 4.39 Å². The second-order valence-electron chi connectivity index (χ2n) is 8.30. The second-order valence-corrected chi connectivity index (χ2v) is 8.66. The van der Waals surface area contributed by atoms with Crippen LogP contribution in [-0.4, -0.2) is 58.2 Å². The fraction of sp³-hybridized carbons (Fsp3) is 0.360. The van der Waals surface area contributed by atoms with Crippen molar-refractivity contribution >= 4 is 17.5 Å². The molecule has 1 aliphatic heterocycles. The van der Waals surface area contributed by atoms with Gasteiger partial charge in [-0.15, -0.1) is 0 Å². The van der Waals surface area contributed by atoms with Crippen LogP contribution in [0.2, 0.25) is 5.15 Å². The smallest absolute Gasteiger partial charge is 0.256 e. The fourth-order valence-electron chi connectivity index (χ4n) is 4.16. The third-order valence-corrected chi connectivity index (χ3v) is 6.52. The first kappa shape index (κ1) is 23.4. The Bertz CT molecular complexity index is 1110. The maximum absolute atomic E-state index is 13.3. The zero-order valence-electron chi connectivity index (χ0n) is 19.0. The Balaban J connectivity index is 1.44. The quantitative estimate of drug-likeness (QED) is 0.567. The number of hydrogen-bond acceptors (Lipinski definition) is 4. The topological polar surface area (TPSA) is 53.4 Å². The largest absolute Gasteiger partial charge is 0.348 e. The number of halogens is 2. The van der Waals surface area contributed by atoms with Crippen molar-refractivity contribution < 1.29 is 9.18 Å². The maximum atomic E-state index is 13.3. The van der Waals surface area contributed by atoms with E-state index in [4.69, 9.17) is 11.6 Å². The minimum atomic E-state index is -0.345. The van der Waals surface area contributed by atoms with Gasteiger partial charge < -0.3 is 10.2 Å². The summed E-state index contributed by atoms with van der Waals surface area (Å²) in [4.78, 5) is 17.9. The van der Waals surface area contributed by atoms with Crippen molar-refractivity contribution in [3.63, 3.8) is 0 Å². The van der Waals surface area contributed by atoms with Crippen LogP contribution in [0.3, 0.4) is 0 Å². The third-order valence-electron chi connectivity index (χ3n) is 6.17. The number of nitrogens with zero attached hydrogens (tertiary/aromatic N) is 4. The molecule has 2 aromatic carbocycles. The monoisotopic (exact) mass is 469 g/mol. The first-order chi connectivity index (χ1) is 16.0. The standard InChI is InChI=1S/C25H29ClFN5O/c1-3-30-12-14-31(15-13-30)17-20-7-5-4-6-19(20)16-28-25(33)23-18(2)29-32(24(23)26)22-10-8-21(27)9-11-22/h4-11H,3,12-17H2,1-2H3,(H,28,33). The Hall–Kier alpha value is -2.74. The highest BCUT2D eigenvalue weighted by atomic mass is 35.5. The summed E-state index contributed by atoms with van der Waals surface area (Å²) in [5.41, 5.74) is 3.74. The van der Waals surface area contributed by atoms with Crippen LogP contribution < -0.4 is 5.32 Å². The van der Waals surface area contributed by atoms with Crippen molar-refractivity contribution in [3.05, 3.63) is 81.9 Å². The minimum Gasteiger partial charge on any atom is -0.348 e. The Kier molecular flexibility index (Phi) is 7.42. The number of piperazine rings is 1. The van der Waals surface area contributed by atoms with Crippen LogP contribution in [0.5, 0.6) is 0 Å². The van der Waals surface area contributed by atoms with E-state index >= 15 is 0 Å². The molecule has 0 saturated carbocycles. The van der Waals surface area contributed by atoms with E-state index in [1.54, 1.807) is 19.1 Å². The van der Waals surface area contributed by atoms with E-state index in [2.05, 4.69) is 33.2 Å². The van der Waals surface area contributed by atoms with Crippen molar-refractivity contribution in [3.8, 4) is 5.69 Å². The molecule has 1 fully saturated rings. The zero-order valence-corrected chi connectivity index (χ0v) is 19.8. The molecule has 0 unspecified atom stereocenters. The van der Waals surface area contributed by atoms with Crippen molar-refractivity contribution in [2.75, 3.05) is 32.7 Å². The number of amides is 1. The Labute approximate surface area is 198 Å². The lowest BCUT2D eigenvalue weighted by atomic mass is 10.1. The number of aromatic nitrogens is 2. The molecule has 1 saturated heterocycles. The summed E-state index contributed by atoms with van der Waals surface area (Å²) in [6.07, 6.45) is 0. The van der Waals surface area contributed by atoms with Gasteiger partial charge in [0.1, 0.15) is 11.0 Å². The van der Waals surface area contributed by atoms with Crippen LogP contribution in [0, 0.1) is 12.7 Å². The molecule has 3 aromatic rings. The summed E-state index contributed by atoms with van der Waals surface area (Å²) < 4.78 is 14.7. The Morgan fingerprint density at radius 2 is 1.67 bits per heavy atom. The number of benzene rings is 2. The lowest BCUT2D eigenvalue weighted by molar-refractivity contribution is 0.0950. The van der Waals surface area contributed by atoms with Gasteiger partial charge in [-0.1, -0.05) is 42.8 Å². The molecule has 2 heterocycles. The van der Waals surface area contributed by atoms with Gasteiger partial charge in [0, 0.05) is 39.3 Å². The highest BCUT2D eigenvalue weighted by Crippen LogP contribution is 2.24. The van der Waals surface area contributed by atoms with Gasteiger partial charge in [-0.2, -0.15) is 5.10 Å². The van der Waals surface area contributed by atoms with E-state index in [1.807, 2.05) is 18.2 Å². The number of likely N-dealkylation sites (N-methyl/N-ethyl adjacent to an activating group) is 1. The summed E-state index contributed by atoms with van der Waals surface area (Å²) in [6, 6.07) is 14.0.